The molecular weight excluding hydrogens is 668 g/mol. The molecule has 0 spiro atoms. The Morgan fingerprint density at radius 3 is 1.17 bits per heavy atom. The summed E-state index contributed by atoms with van der Waals surface area (Å²) >= 11 is 3.50. The van der Waals surface area contributed by atoms with Gasteiger partial charge in [0, 0.05) is 33.7 Å². The molecule has 6 rings (SSSR count). The Hall–Kier alpha value is -4.52. The van der Waals surface area contributed by atoms with Crippen LogP contribution < -0.4 is 10.2 Å². The third-order valence-electron chi connectivity index (χ3n) is 6.73. The summed E-state index contributed by atoms with van der Waals surface area (Å²) in [7, 11) is 0. The van der Waals surface area contributed by atoms with E-state index in [0.29, 0.717) is 11.1 Å². The number of nitrogens with zero attached hydrogens (tertiary/aromatic N) is 2. The van der Waals surface area contributed by atoms with Crippen LogP contribution in [-0.2, 0) is 28.6 Å². The molecule has 0 saturated heterocycles. The van der Waals surface area contributed by atoms with Crippen LogP contribution in [0.3, 0.4) is 0 Å². The second kappa shape index (κ2) is 19.2. The molecule has 0 heterocycles. The van der Waals surface area contributed by atoms with Crippen molar-refractivity contribution in [3.05, 3.63) is 180 Å². The van der Waals surface area contributed by atoms with Crippen molar-refractivity contribution in [2.75, 3.05) is 0 Å². The van der Waals surface area contributed by atoms with Gasteiger partial charge in [-0.2, -0.15) is 0 Å². The molecule has 0 amide bonds. The first kappa shape index (κ1) is 35.3. The van der Waals surface area contributed by atoms with E-state index in [-0.39, 0.29) is 28.6 Å². The molecular formula is C40H32CuN2O2S2. The predicted molar refractivity (Wildman–Crippen MR) is 191 cm³/mol. The Morgan fingerprint density at radius 1 is 0.426 bits per heavy atom. The van der Waals surface area contributed by atoms with Crippen LogP contribution in [0.1, 0.15) is 22.3 Å². The predicted octanol–water partition coefficient (Wildman–Crippen LogP) is 9.60. The number of para-hydroxylation sites is 4. The summed E-state index contributed by atoms with van der Waals surface area (Å²) in [5.41, 5.74) is 5.54. The first-order valence-electron chi connectivity index (χ1n) is 14.8. The summed E-state index contributed by atoms with van der Waals surface area (Å²) < 4.78 is 0. The Morgan fingerprint density at radius 2 is 0.766 bits per heavy atom. The Labute approximate surface area is 295 Å². The van der Waals surface area contributed by atoms with E-state index in [1.807, 2.05) is 84.9 Å². The normalized spacial score (nSPS) is 10.7. The molecule has 0 aromatic heterocycles. The van der Waals surface area contributed by atoms with E-state index in [9.17, 15) is 10.2 Å². The van der Waals surface area contributed by atoms with Gasteiger partial charge in [0.15, 0.2) is 0 Å². The number of benzene rings is 6. The average molecular weight is 700 g/mol. The molecule has 237 valence electrons. The summed E-state index contributed by atoms with van der Waals surface area (Å²) in [6, 6.07) is 50.5. The van der Waals surface area contributed by atoms with Gasteiger partial charge in [-0.25, -0.2) is 0 Å². The minimum Gasteiger partial charge on any atom is -0.872 e. The van der Waals surface area contributed by atoms with Crippen LogP contribution in [-0.4, -0.2) is 12.4 Å². The van der Waals surface area contributed by atoms with E-state index in [0.717, 1.165) is 32.7 Å². The zero-order valence-electron chi connectivity index (χ0n) is 25.4. The van der Waals surface area contributed by atoms with Gasteiger partial charge in [-0.05, 0) is 46.5 Å². The van der Waals surface area contributed by atoms with Crippen molar-refractivity contribution in [2.45, 2.75) is 21.3 Å². The third-order valence-corrected chi connectivity index (χ3v) is 9.00. The van der Waals surface area contributed by atoms with Gasteiger partial charge in [0.05, 0.1) is 11.4 Å². The van der Waals surface area contributed by atoms with Gasteiger partial charge in [-0.15, -0.1) is 35.0 Å². The molecule has 6 aromatic carbocycles. The molecule has 47 heavy (non-hydrogen) atoms. The van der Waals surface area contributed by atoms with E-state index in [1.165, 1.54) is 11.1 Å². The molecule has 0 aliphatic carbocycles. The van der Waals surface area contributed by atoms with E-state index >= 15 is 0 Å². The monoisotopic (exact) mass is 699 g/mol. The summed E-state index contributed by atoms with van der Waals surface area (Å²) in [6.07, 6.45) is 3.29. The van der Waals surface area contributed by atoms with E-state index in [1.54, 1.807) is 72.4 Å². The zero-order valence-corrected chi connectivity index (χ0v) is 28.0. The maximum absolute atomic E-state index is 11.7. The minimum absolute atomic E-state index is 0. The van der Waals surface area contributed by atoms with Crippen molar-refractivity contribution in [1.29, 1.82) is 0 Å². The maximum atomic E-state index is 11.7. The second-order valence-corrected chi connectivity index (χ2v) is 12.1. The fourth-order valence-electron chi connectivity index (χ4n) is 4.29. The molecule has 6 aromatic rings. The molecule has 4 nitrogen and oxygen atoms in total. The zero-order chi connectivity index (χ0) is 31.8. The molecule has 1 radical (unpaired) electrons. The standard InChI is InChI=1S/2C20H17NOS.Cu/c2*22-19-12-6-4-10-17(19)14-21-18-11-5-7-13-20(18)23-15-16-8-2-1-3-9-16;/h2*1-14,22H,15H2;/q;;+2/p-2. The van der Waals surface area contributed by atoms with Gasteiger partial charge in [-0.3, -0.25) is 9.98 Å². The van der Waals surface area contributed by atoms with Crippen molar-refractivity contribution in [1.82, 2.24) is 0 Å². The van der Waals surface area contributed by atoms with Crippen LogP contribution in [0, 0.1) is 0 Å². The first-order chi connectivity index (χ1) is 22.7. The molecule has 7 heteroatoms. The van der Waals surface area contributed by atoms with Crippen molar-refractivity contribution in [3.63, 3.8) is 0 Å². The number of rotatable bonds is 10. The largest absolute Gasteiger partial charge is 2.00 e. The Kier molecular flexibility index (Phi) is 14.4. The molecule has 0 unspecified atom stereocenters. The van der Waals surface area contributed by atoms with Gasteiger partial charge in [0.1, 0.15) is 0 Å². The van der Waals surface area contributed by atoms with Gasteiger partial charge < -0.3 is 10.2 Å². The quantitative estimate of drug-likeness (QED) is 0.0811. The molecule has 0 fully saturated rings. The molecule has 0 N–H and O–H groups in total. The summed E-state index contributed by atoms with van der Waals surface area (Å²) in [5.74, 6) is 1.77. The van der Waals surface area contributed by atoms with Gasteiger partial charge in [0.25, 0.3) is 0 Å². The topological polar surface area (TPSA) is 70.8 Å². The summed E-state index contributed by atoms with van der Waals surface area (Å²) in [5, 5.41) is 23.5. The van der Waals surface area contributed by atoms with Crippen molar-refractivity contribution < 1.29 is 27.3 Å². The van der Waals surface area contributed by atoms with Crippen molar-refractivity contribution >= 4 is 47.3 Å². The van der Waals surface area contributed by atoms with Crippen LogP contribution in [0.4, 0.5) is 11.4 Å². The van der Waals surface area contributed by atoms with Crippen LogP contribution in [0.25, 0.3) is 0 Å². The van der Waals surface area contributed by atoms with Crippen molar-refractivity contribution in [3.8, 4) is 11.5 Å². The van der Waals surface area contributed by atoms with E-state index in [4.69, 9.17) is 0 Å². The van der Waals surface area contributed by atoms with Crippen LogP contribution >= 0.6 is 23.5 Å². The number of aliphatic imine (C=N–C) groups is 2. The van der Waals surface area contributed by atoms with Crippen molar-refractivity contribution in [2.24, 2.45) is 9.98 Å². The smallest absolute Gasteiger partial charge is 0.872 e. The molecule has 0 aliphatic rings. The first-order valence-corrected chi connectivity index (χ1v) is 16.7. The fourth-order valence-corrected chi connectivity index (χ4v) is 6.21. The number of hydrogen-bond acceptors (Lipinski definition) is 6. The summed E-state index contributed by atoms with van der Waals surface area (Å²) in [4.78, 5) is 11.2. The molecule has 0 atom stereocenters. The Balaban J connectivity index is 0.000000208. The van der Waals surface area contributed by atoms with E-state index in [2.05, 4.69) is 46.4 Å². The minimum atomic E-state index is -0.00864. The second-order valence-electron chi connectivity index (χ2n) is 10.1. The maximum Gasteiger partial charge on any atom is 2.00 e. The fraction of sp³-hybridized carbons (Fsp3) is 0.0500. The molecule has 0 saturated carbocycles. The third kappa shape index (κ3) is 11.3. The average Bonchev–Trinajstić information content (AvgIpc) is 3.11. The number of thioether (sulfide) groups is 2. The van der Waals surface area contributed by atoms with Crippen LogP contribution in [0.2, 0.25) is 0 Å². The molecule has 0 aliphatic heterocycles. The van der Waals surface area contributed by atoms with E-state index < -0.39 is 0 Å². The van der Waals surface area contributed by atoms with Gasteiger partial charge >= 0.3 is 17.1 Å². The number of hydrogen-bond donors (Lipinski definition) is 0. The Bertz CT molecular complexity index is 1740. The van der Waals surface area contributed by atoms with Gasteiger partial charge in [-0.1, -0.05) is 133 Å². The SMILES string of the molecule is [Cu+2].[O-]c1ccccc1C=Nc1ccccc1SCc1ccccc1.[O-]c1ccccc1C=Nc1ccccc1SCc1ccccc1. The van der Waals surface area contributed by atoms with Crippen LogP contribution in [0.5, 0.6) is 11.5 Å². The summed E-state index contributed by atoms with van der Waals surface area (Å²) in [6.45, 7) is 0. The van der Waals surface area contributed by atoms with Crippen LogP contribution in [0.15, 0.2) is 178 Å². The van der Waals surface area contributed by atoms with Gasteiger partial charge in [0.2, 0.25) is 0 Å². The molecule has 0 bridgehead atoms.